The van der Waals surface area contributed by atoms with E-state index in [2.05, 4.69) is 5.16 Å². The fourth-order valence-electron chi connectivity index (χ4n) is 0.957. The van der Waals surface area contributed by atoms with E-state index in [1.807, 2.05) is 6.92 Å². The lowest BCUT2D eigenvalue weighted by molar-refractivity contribution is -0.415. The monoisotopic (exact) mass is 186 g/mol. The average Bonchev–Trinajstić information content (AvgIpc) is 2.10. The maximum absolute atomic E-state index is 10.5. The molecule has 0 saturated carbocycles. The minimum absolute atomic E-state index is 0.0909. The molecular weight excluding hydrogens is 172 g/mol. The highest BCUT2D eigenvalue weighted by molar-refractivity contribution is 5.97. The summed E-state index contributed by atoms with van der Waals surface area (Å²) in [6, 6.07) is 0. The van der Waals surface area contributed by atoms with Gasteiger partial charge in [-0.25, -0.2) is 0 Å². The molecule has 0 radical (unpaired) electrons. The van der Waals surface area contributed by atoms with Gasteiger partial charge >= 0.3 is 0 Å². The largest absolute Gasteiger partial charge is 0.410 e. The first-order valence-corrected chi connectivity index (χ1v) is 4.23. The first-order chi connectivity index (χ1) is 6.17. The molecule has 0 unspecified atom stereocenters. The van der Waals surface area contributed by atoms with Gasteiger partial charge < -0.3 is 5.21 Å². The lowest BCUT2D eigenvalue weighted by Gasteiger charge is -1.98. The fraction of sp³-hybridized carbons (Fsp3) is 0.625. The summed E-state index contributed by atoms with van der Waals surface area (Å²) in [6.45, 7) is 3.67. The maximum Gasteiger partial charge on any atom is 0.290 e. The summed E-state index contributed by atoms with van der Waals surface area (Å²) in [5.74, 6) is 0. The van der Waals surface area contributed by atoms with Gasteiger partial charge in [0, 0.05) is 0 Å². The Morgan fingerprint density at radius 1 is 1.62 bits per heavy atom. The molecule has 0 spiro atoms. The highest BCUT2D eigenvalue weighted by Gasteiger charge is 2.17. The molecule has 0 amide bonds. The van der Waals surface area contributed by atoms with E-state index in [0.29, 0.717) is 19.3 Å². The molecule has 0 saturated heterocycles. The van der Waals surface area contributed by atoms with Gasteiger partial charge in [-0.2, -0.15) is 0 Å². The van der Waals surface area contributed by atoms with E-state index in [1.165, 1.54) is 6.08 Å². The molecular formula is C8H14N2O3. The molecule has 0 aliphatic heterocycles. The van der Waals surface area contributed by atoms with Crippen LogP contribution in [0.25, 0.3) is 0 Å². The topological polar surface area (TPSA) is 75.7 Å². The smallest absolute Gasteiger partial charge is 0.290 e. The van der Waals surface area contributed by atoms with Crippen LogP contribution in [0, 0.1) is 10.1 Å². The SMILES string of the molecule is CC/C=C(\C(CCC)=N\O)[N+](=O)[O-]. The van der Waals surface area contributed by atoms with Crippen LogP contribution in [0.1, 0.15) is 33.1 Å². The van der Waals surface area contributed by atoms with Crippen molar-refractivity contribution in [3.8, 4) is 0 Å². The first-order valence-electron chi connectivity index (χ1n) is 4.23. The third-order valence-electron chi connectivity index (χ3n) is 1.50. The zero-order chi connectivity index (χ0) is 10.3. The van der Waals surface area contributed by atoms with Gasteiger partial charge in [-0.1, -0.05) is 25.4 Å². The predicted octanol–water partition coefficient (Wildman–Crippen LogP) is 2.19. The standard InChI is InChI=1S/C8H14N2O3/c1-3-5-7(9-11)8(6-4-2)10(12)13/h6,11H,3-5H2,1-2H3/b8-6+,9-7+. The van der Waals surface area contributed by atoms with E-state index in [1.54, 1.807) is 6.92 Å². The van der Waals surface area contributed by atoms with Crippen LogP contribution >= 0.6 is 0 Å². The quantitative estimate of drug-likeness (QED) is 0.309. The second-order valence-electron chi connectivity index (χ2n) is 2.55. The van der Waals surface area contributed by atoms with Crippen molar-refractivity contribution in [3.05, 3.63) is 21.9 Å². The second-order valence-corrected chi connectivity index (χ2v) is 2.55. The van der Waals surface area contributed by atoms with E-state index >= 15 is 0 Å². The molecule has 13 heavy (non-hydrogen) atoms. The van der Waals surface area contributed by atoms with Crippen molar-refractivity contribution >= 4 is 5.71 Å². The molecule has 0 aliphatic carbocycles. The molecule has 0 aromatic carbocycles. The lowest BCUT2D eigenvalue weighted by Crippen LogP contribution is -2.11. The van der Waals surface area contributed by atoms with E-state index in [0.717, 1.165) is 0 Å². The number of hydrogen-bond acceptors (Lipinski definition) is 4. The zero-order valence-corrected chi connectivity index (χ0v) is 7.86. The van der Waals surface area contributed by atoms with Crippen LogP contribution in [0.3, 0.4) is 0 Å². The Morgan fingerprint density at radius 2 is 2.23 bits per heavy atom. The van der Waals surface area contributed by atoms with Gasteiger partial charge in [-0.3, -0.25) is 10.1 Å². The summed E-state index contributed by atoms with van der Waals surface area (Å²) in [7, 11) is 0. The van der Waals surface area contributed by atoms with Crippen LogP contribution in [0.5, 0.6) is 0 Å². The lowest BCUT2D eigenvalue weighted by atomic mass is 10.1. The number of nitro groups is 1. The van der Waals surface area contributed by atoms with E-state index in [4.69, 9.17) is 5.21 Å². The third-order valence-corrected chi connectivity index (χ3v) is 1.50. The molecule has 1 N–H and O–H groups in total. The highest BCUT2D eigenvalue weighted by Crippen LogP contribution is 2.06. The summed E-state index contributed by atoms with van der Waals surface area (Å²) in [6.07, 6.45) is 3.14. The summed E-state index contributed by atoms with van der Waals surface area (Å²) < 4.78 is 0. The molecule has 0 aliphatic rings. The molecule has 0 aromatic rings. The van der Waals surface area contributed by atoms with Crippen LogP contribution in [-0.4, -0.2) is 15.8 Å². The summed E-state index contributed by atoms with van der Waals surface area (Å²) in [5, 5.41) is 22.0. The van der Waals surface area contributed by atoms with Crippen LogP contribution < -0.4 is 0 Å². The van der Waals surface area contributed by atoms with Crippen LogP contribution in [0.2, 0.25) is 0 Å². The summed E-state index contributed by atoms with van der Waals surface area (Å²) in [4.78, 5) is 9.99. The molecule has 5 nitrogen and oxygen atoms in total. The van der Waals surface area contributed by atoms with Gasteiger partial charge in [-0.05, 0) is 18.9 Å². The van der Waals surface area contributed by atoms with Crippen molar-refractivity contribution in [2.24, 2.45) is 5.16 Å². The van der Waals surface area contributed by atoms with E-state index in [-0.39, 0.29) is 11.4 Å². The first kappa shape index (κ1) is 11.6. The van der Waals surface area contributed by atoms with Crippen molar-refractivity contribution in [1.82, 2.24) is 0 Å². The highest BCUT2D eigenvalue weighted by atomic mass is 16.6. The molecule has 74 valence electrons. The maximum atomic E-state index is 10.5. The van der Waals surface area contributed by atoms with Gasteiger partial charge in [0.05, 0.1) is 4.92 Å². The summed E-state index contributed by atoms with van der Waals surface area (Å²) >= 11 is 0. The number of nitrogens with zero attached hydrogens (tertiary/aromatic N) is 2. The Bertz CT molecular complexity index is 234. The van der Waals surface area contributed by atoms with Crippen molar-refractivity contribution in [3.63, 3.8) is 0 Å². The molecule has 0 fully saturated rings. The van der Waals surface area contributed by atoms with Crippen molar-refractivity contribution in [2.75, 3.05) is 0 Å². The van der Waals surface area contributed by atoms with Crippen molar-refractivity contribution in [2.45, 2.75) is 33.1 Å². The zero-order valence-electron chi connectivity index (χ0n) is 7.86. The second kappa shape index (κ2) is 6.16. The Kier molecular flexibility index (Phi) is 5.50. The summed E-state index contributed by atoms with van der Waals surface area (Å²) in [5.41, 5.74) is 0.0567. The van der Waals surface area contributed by atoms with Crippen LogP contribution in [0.15, 0.2) is 16.9 Å². The van der Waals surface area contributed by atoms with Crippen LogP contribution in [-0.2, 0) is 0 Å². The molecule has 0 heterocycles. The Balaban J connectivity index is 4.71. The van der Waals surface area contributed by atoms with Gasteiger partial charge in [0.2, 0.25) is 0 Å². The Morgan fingerprint density at radius 3 is 2.54 bits per heavy atom. The van der Waals surface area contributed by atoms with E-state index < -0.39 is 4.92 Å². The third kappa shape index (κ3) is 3.68. The average molecular weight is 186 g/mol. The van der Waals surface area contributed by atoms with Gasteiger partial charge in [-0.15, -0.1) is 0 Å². The Hall–Kier alpha value is -1.39. The number of oxime groups is 1. The molecule has 0 bridgehead atoms. The van der Waals surface area contributed by atoms with E-state index in [9.17, 15) is 10.1 Å². The molecule has 0 atom stereocenters. The number of rotatable bonds is 5. The van der Waals surface area contributed by atoms with Crippen molar-refractivity contribution < 1.29 is 10.1 Å². The van der Waals surface area contributed by atoms with Crippen LogP contribution in [0.4, 0.5) is 0 Å². The van der Waals surface area contributed by atoms with Gasteiger partial charge in [0.25, 0.3) is 5.70 Å². The number of allylic oxidation sites excluding steroid dienone is 2. The predicted molar refractivity (Wildman–Crippen MR) is 49.5 cm³/mol. The molecule has 0 aromatic heterocycles. The van der Waals surface area contributed by atoms with Gasteiger partial charge in [0.1, 0.15) is 0 Å². The normalized spacial score (nSPS) is 13.1. The number of hydrogen-bond donors (Lipinski definition) is 1. The molecule has 5 heteroatoms. The fourth-order valence-corrected chi connectivity index (χ4v) is 0.957. The molecule has 0 rings (SSSR count). The minimum Gasteiger partial charge on any atom is -0.410 e. The Labute approximate surface area is 76.9 Å². The van der Waals surface area contributed by atoms with Gasteiger partial charge in [0.15, 0.2) is 5.71 Å². The minimum atomic E-state index is -0.520. The van der Waals surface area contributed by atoms with Crippen molar-refractivity contribution in [1.29, 1.82) is 0 Å².